The first-order valence-electron chi connectivity index (χ1n) is 22.8. The molecule has 0 radical (unpaired) electrons. The summed E-state index contributed by atoms with van der Waals surface area (Å²) in [5.74, 6) is 1.98. The zero-order valence-electron chi connectivity index (χ0n) is 37.9. The zero-order chi connectivity index (χ0) is 45.0. The van der Waals surface area contributed by atoms with Gasteiger partial charge in [-0.15, -0.1) is 0 Å². The Kier molecular flexibility index (Phi) is 11.6. The highest BCUT2D eigenvalue weighted by atomic mass is 15.0. The van der Waals surface area contributed by atoms with E-state index in [1.165, 1.54) is 66.8 Å². The molecule has 0 fully saturated rings. The second-order valence-electron chi connectivity index (χ2n) is 17.8. The number of benzene rings is 9. The minimum absolute atomic E-state index is 0.151. The van der Waals surface area contributed by atoms with Crippen molar-refractivity contribution in [1.29, 1.82) is 0 Å². The van der Waals surface area contributed by atoms with Gasteiger partial charge < -0.3 is 0 Å². The fraction of sp³-hybridized carbons (Fsp3) is 0.0952. The van der Waals surface area contributed by atoms with Crippen LogP contribution in [0.2, 0.25) is 0 Å². The van der Waals surface area contributed by atoms with Crippen molar-refractivity contribution in [2.45, 2.75) is 39.5 Å². The third-order valence-corrected chi connectivity index (χ3v) is 12.8. The van der Waals surface area contributed by atoms with Crippen LogP contribution >= 0.6 is 0 Å². The molecule has 0 amide bonds. The molecule has 318 valence electrons. The number of hydrogen-bond acceptors (Lipinski definition) is 3. The van der Waals surface area contributed by atoms with E-state index in [0.29, 0.717) is 17.5 Å². The van der Waals surface area contributed by atoms with Gasteiger partial charge in [0.15, 0.2) is 17.5 Å². The van der Waals surface area contributed by atoms with Crippen LogP contribution in [-0.4, -0.2) is 15.0 Å². The van der Waals surface area contributed by atoms with Crippen LogP contribution in [0.3, 0.4) is 0 Å². The van der Waals surface area contributed by atoms with Crippen LogP contribution < -0.4 is 0 Å². The predicted octanol–water partition coefficient (Wildman–Crippen LogP) is 16.1. The van der Waals surface area contributed by atoms with Gasteiger partial charge in [0.25, 0.3) is 0 Å². The zero-order valence-corrected chi connectivity index (χ0v) is 37.9. The van der Waals surface area contributed by atoms with Crippen LogP contribution in [0.4, 0.5) is 0 Å². The van der Waals surface area contributed by atoms with Gasteiger partial charge in [-0.1, -0.05) is 231 Å². The van der Waals surface area contributed by atoms with E-state index >= 15 is 0 Å². The van der Waals surface area contributed by atoms with Gasteiger partial charge in [0, 0.05) is 22.1 Å². The molecule has 10 aromatic rings. The molecule has 0 aliphatic heterocycles. The molecule has 0 saturated heterocycles. The summed E-state index contributed by atoms with van der Waals surface area (Å²) in [4.78, 5) is 14.7. The lowest BCUT2D eigenvalue weighted by atomic mass is 9.82. The maximum absolute atomic E-state index is 4.93. The van der Waals surface area contributed by atoms with Gasteiger partial charge in [0.1, 0.15) is 0 Å². The molecular formula is C63H51N3. The Bertz CT molecular complexity index is 3260. The average molecular weight is 850 g/mol. The van der Waals surface area contributed by atoms with Crippen LogP contribution in [0, 0.1) is 13.8 Å². The molecule has 12 rings (SSSR count). The minimum atomic E-state index is 0.151. The first-order chi connectivity index (χ1) is 32.3. The Morgan fingerprint density at radius 3 is 1.36 bits per heavy atom. The lowest BCUT2D eigenvalue weighted by Crippen LogP contribution is -2.14. The van der Waals surface area contributed by atoms with E-state index in [2.05, 4.69) is 173 Å². The van der Waals surface area contributed by atoms with Crippen molar-refractivity contribution in [3.63, 3.8) is 0 Å². The number of fused-ring (bicyclic) bond motifs is 6. The highest BCUT2D eigenvalue weighted by Gasteiger charge is 2.34. The summed E-state index contributed by atoms with van der Waals surface area (Å²) in [6.45, 7) is 8.88. The fourth-order valence-electron chi connectivity index (χ4n) is 9.31. The van der Waals surface area contributed by atoms with E-state index in [4.69, 9.17) is 15.0 Å². The standard InChI is InChI=1S/C40H27N3.C16H16.C7H8/c1-3-11-27(12-4-1)38-41-39(28-13-5-2-6-14-28)43-40(42-38)35-19-10-18-31(24-35)29-16-9-17-30(23-29)32-21-22-34-25-33-15-7-8-20-36(33)37(34)26-32;1-11-8-9-13-12-6-4-5-7-14(12)16(2,3)15(13)10-11;1-7-5-3-2-4-6-7/h1-24,26H,25H2;4-10H,1-3H3;2-6H,1H3. The van der Waals surface area contributed by atoms with E-state index in [-0.39, 0.29) is 5.41 Å². The van der Waals surface area contributed by atoms with Gasteiger partial charge in [-0.05, 0) is 105 Å². The highest BCUT2D eigenvalue weighted by Crippen LogP contribution is 2.48. The highest BCUT2D eigenvalue weighted by molar-refractivity contribution is 5.84. The Balaban J connectivity index is 0.000000181. The summed E-state index contributed by atoms with van der Waals surface area (Å²) in [6, 6.07) is 78.9. The Hall–Kier alpha value is -8.01. The van der Waals surface area contributed by atoms with Gasteiger partial charge in [0.2, 0.25) is 0 Å². The third kappa shape index (κ3) is 8.64. The molecule has 0 saturated carbocycles. The molecule has 1 aromatic heterocycles. The van der Waals surface area contributed by atoms with Crippen LogP contribution in [0.5, 0.6) is 0 Å². The molecule has 0 unspecified atom stereocenters. The maximum Gasteiger partial charge on any atom is 0.164 e. The minimum Gasteiger partial charge on any atom is -0.208 e. The van der Waals surface area contributed by atoms with Gasteiger partial charge in [-0.2, -0.15) is 0 Å². The van der Waals surface area contributed by atoms with Gasteiger partial charge in [-0.25, -0.2) is 15.0 Å². The summed E-state index contributed by atoms with van der Waals surface area (Å²) < 4.78 is 0. The SMILES string of the molecule is Cc1ccc2c(c1)C(C)(C)c1ccccc1-2.Cc1ccccc1.c1ccc(-c2nc(-c3ccccc3)nc(-c3cccc(-c4cccc(-c5ccc6c(c5)-c5ccccc5C6)c4)c3)n2)cc1. The quantitative estimate of drug-likeness (QED) is 0.173. The lowest BCUT2D eigenvalue weighted by molar-refractivity contribution is 0.660. The van der Waals surface area contributed by atoms with E-state index in [0.717, 1.165) is 34.2 Å². The number of aryl methyl sites for hydroxylation is 2. The summed E-state index contributed by atoms with van der Waals surface area (Å²) in [5.41, 5.74) is 21.6. The number of hydrogen-bond donors (Lipinski definition) is 0. The van der Waals surface area contributed by atoms with Crippen molar-refractivity contribution >= 4 is 0 Å². The lowest BCUT2D eigenvalue weighted by Gasteiger charge is -2.21. The molecular weight excluding hydrogens is 799 g/mol. The van der Waals surface area contributed by atoms with Gasteiger partial charge in [0.05, 0.1) is 0 Å². The van der Waals surface area contributed by atoms with E-state index < -0.39 is 0 Å². The van der Waals surface area contributed by atoms with Crippen molar-refractivity contribution in [2.75, 3.05) is 0 Å². The van der Waals surface area contributed by atoms with Crippen molar-refractivity contribution in [2.24, 2.45) is 0 Å². The molecule has 3 heteroatoms. The van der Waals surface area contributed by atoms with Crippen molar-refractivity contribution in [3.05, 3.63) is 258 Å². The Morgan fingerprint density at radius 1 is 0.303 bits per heavy atom. The topological polar surface area (TPSA) is 38.7 Å². The summed E-state index contributed by atoms with van der Waals surface area (Å²) >= 11 is 0. The smallest absolute Gasteiger partial charge is 0.164 e. The molecule has 0 N–H and O–H groups in total. The second-order valence-corrected chi connectivity index (χ2v) is 17.8. The number of aromatic nitrogens is 3. The Morgan fingerprint density at radius 2 is 0.758 bits per heavy atom. The normalized spacial score (nSPS) is 12.3. The molecule has 2 aliphatic rings. The molecule has 0 bridgehead atoms. The maximum atomic E-state index is 4.93. The largest absolute Gasteiger partial charge is 0.208 e. The average Bonchev–Trinajstić information content (AvgIpc) is 3.86. The second kappa shape index (κ2) is 18.2. The number of rotatable bonds is 5. The van der Waals surface area contributed by atoms with E-state index in [1.807, 2.05) is 78.9 Å². The molecule has 66 heavy (non-hydrogen) atoms. The molecule has 9 aromatic carbocycles. The Labute approximate surface area is 389 Å². The molecule has 0 atom stereocenters. The predicted molar refractivity (Wildman–Crippen MR) is 275 cm³/mol. The van der Waals surface area contributed by atoms with Gasteiger partial charge in [-0.3, -0.25) is 0 Å². The fourth-order valence-corrected chi connectivity index (χ4v) is 9.31. The molecule has 2 aliphatic carbocycles. The van der Waals surface area contributed by atoms with E-state index in [1.54, 1.807) is 0 Å². The van der Waals surface area contributed by atoms with Crippen molar-refractivity contribution in [1.82, 2.24) is 15.0 Å². The van der Waals surface area contributed by atoms with Crippen molar-refractivity contribution < 1.29 is 0 Å². The monoisotopic (exact) mass is 849 g/mol. The van der Waals surface area contributed by atoms with Crippen LogP contribution in [0.25, 0.3) is 78.7 Å². The van der Waals surface area contributed by atoms with E-state index in [9.17, 15) is 0 Å². The summed E-state index contributed by atoms with van der Waals surface area (Å²) in [5, 5.41) is 0. The van der Waals surface area contributed by atoms with Crippen LogP contribution in [0.15, 0.2) is 224 Å². The first kappa shape index (κ1) is 42.0. The molecule has 1 heterocycles. The van der Waals surface area contributed by atoms with Crippen LogP contribution in [0.1, 0.15) is 47.2 Å². The van der Waals surface area contributed by atoms with Gasteiger partial charge >= 0.3 is 0 Å². The van der Waals surface area contributed by atoms with Crippen LogP contribution in [-0.2, 0) is 11.8 Å². The number of nitrogens with zero attached hydrogens (tertiary/aromatic N) is 3. The summed E-state index contributed by atoms with van der Waals surface area (Å²) in [6.07, 6.45) is 1.01. The third-order valence-electron chi connectivity index (χ3n) is 12.8. The summed E-state index contributed by atoms with van der Waals surface area (Å²) in [7, 11) is 0. The molecule has 3 nitrogen and oxygen atoms in total. The molecule has 0 spiro atoms. The first-order valence-corrected chi connectivity index (χ1v) is 22.8. The van der Waals surface area contributed by atoms with Crippen molar-refractivity contribution in [3.8, 4) is 78.7 Å².